The molecule has 164 valence electrons. The SMILES string of the molecule is Cc1cc2cc([C@@H](c3nnnn3C3CCCC3)N3CCC[C@H](C)C3)c(=O)[nH]c2cc1C. The Kier molecular flexibility index (Phi) is 5.38. The number of aryl methyl sites for hydroxylation is 2. The maximum atomic E-state index is 13.4. The highest BCUT2D eigenvalue weighted by atomic mass is 16.1. The van der Waals surface area contributed by atoms with E-state index in [0.29, 0.717) is 12.0 Å². The number of hydrogen-bond acceptors (Lipinski definition) is 5. The topological polar surface area (TPSA) is 79.7 Å². The molecule has 0 amide bonds. The monoisotopic (exact) mass is 420 g/mol. The highest BCUT2D eigenvalue weighted by Gasteiger charge is 2.34. The van der Waals surface area contributed by atoms with Crippen LogP contribution in [-0.2, 0) is 0 Å². The summed E-state index contributed by atoms with van der Waals surface area (Å²) in [7, 11) is 0. The second kappa shape index (κ2) is 8.19. The maximum Gasteiger partial charge on any atom is 0.253 e. The summed E-state index contributed by atoms with van der Waals surface area (Å²) in [6.07, 6.45) is 6.99. The molecular formula is C24H32N6O. The summed E-state index contributed by atoms with van der Waals surface area (Å²) in [6, 6.07) is 6.40. The van der Waals surface area contributed by atoms with Crippen LogP contribution in [0.1, 0.15) is 80.0 Å². The molecule has 5 rings (SSSR count). The summed E-state index contributed by atoms with van der Waals surface area (Å²) in [5, 5.41) is 14.0. The smallest absolute Gasteiger partial charge is 0.253 e. The molecule has 0 bridgehead atoms. The number of pyridine rings is 1. The van der Waals surface area contributed by atoms with E-state index in [2.05, 4.69) is 64.4 Å². The minimum Gasteiger partial charge on any atom is -0.322 e. The molecule has 3 heterocycles. The lowest BCUT2D eigenvalue weighted by Gasteiger charge is -2.36. The van der Waals surface area contributed by atoms with E-state index in [0.717, 1.165) is 54.6 Å². The standard InChI is InChI=1S/C24H32N6O/c1-15-7-6-10-29(14-15)22(23-26-27-28-30(23)19-8-4-5-9-19)20-13-18-11-16(2)17(3)12-21(18)25-24(20)31/h11-13,15,19,22H,4-10,14H2,1-3H3,(H,25,31)/t15-,22-/m0/s1. The van der Waals surface area contributed by atoms with Crippen LogP contribution in [-0.4, -0.2) is 43.2 Å². The molecule has 2 aromatic heterocycles. The van der Waals surface area contributed by atoms with Gasteiger partial charge in [-0.05, 0) is 97.1 Å². The minimum atomic E-state index is -0.229. The summed E-state index contributed by atoms with van der Waals surface area (Å²) in [4.78, 5) is 18.9. The van der Waals surface area contributed by atoms with Crippen LogP contribution in [0.15, 0.2) is 23.0 Å². The van der Waals surface area contributed by atoms with E-state index in [1.165, 1.54) is 30.4 Å². The summed E-state index contributed by atoms with van der Waals surface area (Å²) >= 11 is 0. The lowest BCUT2D eigenvalue weighted by molar-refractivity contribution is 0.139. The largest absolute Gasteiger partial charge is 0.322 e. The number of benzene rings is 1. The van der Waals surface area contributed by atoms with E-state index >= 15 is 0 Å². The number of nitrogens with zero attached hydrogens (tertiary/aromatic N) is 5. The molecule has 1 aliphatic carbocycles. The number of tetrazole rings is 1. The van der Waals surface area contributed by atoms with Crippen LogP contribution in [0.5, 0.6) is 0 Å². The fraction of sp³-hybridized carbons (Fsp3) is 0.583. The van der Waals surface area contributed by atoms with Gasteiger partial charge in [0.1, 0.15) is 6.04 Å². The van der Waals surface area contributed by atoms with Gasteiger partial charge < -0.3 is 4.98 Å². The summed E-state index contributed by atoms with van der Waals surface area (Å²) in [6.45, 7) is 8.39. The van der Waals surface area contributed by atoms with Crippen molar-refractivity contribution in [2.45, 2.75) is 71.4 Å². The zero-order valence-corrected chi connectivity index (χ0v) is 18.8. The fourth-order valence-corrected chi connectivity index (χ4v) is 5.45. The molecule has 1 aliphatic heterocycles. The fourth-order valence-electron chi connectivity index (χ4n) is 5.45. The van der Waals surface area contributed by atoms with Crippen molar-refractivity contribution >= 4 is 10.9 Å². The van der Waals surface area contributed by atoms with Gasteiger partial charge in [-0.1, -0.05) is 19.8 Å². The average molecular weight is 421 g/mol. The molecule has 1 N–H and O–H groups in total. The Morgan fingerprint density at radius 2 is 1.84 bits per heavy atom. The number of piperidine rings is 1. The minimum absolute atomic E-state index is 0.0417. The van der Waals surface area contributed by atoms with Crippen LogP contribution >= 0.6 is 0 Å². The Morgan fingerprint density at radius 3 is 2.61 bits per heavy atom. The Bertz CT molecular complexity index is 1140. The Balaban J connectivity index is 1.66. The molecule has 1 aromatic carbocycles. The Morgan fingerprint density at radius 1 is 1.06 bits per heavy atom. The van der Waals surface area contributed by atoms with Gasteiger partial charge in [0, 0.05) is 17.6 Å². The third kappa shape index (κ3) is 3.80. The van der Waals surface area contributed by atoms with Crippen molar-refractivity contribution < 1.29 is 0 Å². The molecule has 2 fully saturated rings. The lowest BCUT2D eigenvalue weighted by atomic mass is 9.95. The molecule has 1 saturated heterocycles. The van der Waals surface area contributed by atoms with Crippen molar-refractivity contribution in [3.63, 3.8) is 0 Å². The maximum absolute atomic E-state index is 13.4. The number of aromatic nitrogens is 5. The van der Waals surface area contributed by atoms with Gasteiger partial charge >= 0.3 is 0 Å². The van der Waals surface area contributed by atoms with Crippen LogP contribution in [0, 0.1) is 19.8 Å². The van der Waals surface area contributed by atoms with Gasteiger partial charge in [0.05, 0.1) is 6.04 Å². The number of likely N-dealkylation sites (tertiary alicyclic amines) is 1. The van der Waals surface area contributed by atoms with E-state index in [-0.39, 0.29) is 11.6 Å². The van der Waals surface area contributed by atoms with Crippen LogP contribution in [0.3, 0.4) is 0 Å². The molecule has 2 aliphatic rings. The number of rotatable bonds is 4. The molecule has 1 saturated carbocycles. The molecule has 7 nitrogen and oxygen atoms in total. The number of H-pyrrole nitrogens is 1. The quantitative estimate of drug-likeness (QED) is 0.688. The van der Waals surface area contributed by atoms with Crippen molar-refractivity contribution in [3.05, 3.63) is 51.1 Å². The summed E-state index contributed by atoms with van der Waals surface area (Å²) < 4.78 is 2.01. The second-order valence-corrected chi connectivity index (χ2v) is 9.64. The predicted octanol–water partition coefficient (Wildman–Crippen LogP) is 4.07. The molecule has 31 heavy (non-hydrogen) atoms. The average Bonchev–Trinajstić information content (AvgIpc) is 3.42. The number of aromatic amines is 1. The van der Waals surface area contributed by atoms with E-state index in [9.17, 15) is 4.79 Å². The third-order valence-corrected chi connectivity index (χ3v) is 7.27. The van der Waals surface area contributed by atoms with E-state index in [1.54, 1.807) is 0 Å². The van der Waals surface area contributed by atoms with Crippen LogP contribution in [0.25, 0.3) is 10.9 Å². The molecular weight excluding hydrogens is 388 g/mol. The normalized spacial score (nSPS) is 21.7. The number of nitrogens with one attached hydrogen (secondary N) is 1. The molecule has 0 radical (unpaired) electrons. The van der Waals surface area contributed by atoms with E-state index in [4.69, 9.17) is 0 Å². The van der Waals surface area contributed by atoms with Gasteiger partial charge in [-0.15, -0.1) is 5.10 Å². The van der Waals surface area contributed by atoms with Crippen LogP contribution in [0.2, 0.25) is 0 Å². The molecule has 0 unspecified atom stereocenters. The highest BCUT2D eigenvalue weighted by molar-refractivity contribution is 5.81. The van der Waals surface area contributed by atoms with Gasteiger partial charge in [-0.3, -0.25) is 9.69 Å². The van der Waals surface area contributed by atoms with Gasteiger partial charge in [-0.25, -0.2) is 4.68 Å². The molecule has 3 aromatic rings. The van der Waals surface area contributed by atoms with E-state index in [1.807, 2.05) is 4.68 Å². The number of hydrogen-bond donors (Lipinski definition) is 1. The predicted molar refractivity (Wildman–Crippen MR) is 121 cm³/mol. The van der Waals surface area contributed by atoms with Gasteiger partial charge in [-0.2, -0.15) is 0 Å². The first-order valence-corrected chi connectivity index (χ1v) is 11.7. The first-order chi connectivity index (χ1) is 15.0. The highest BCUT2D eigenvalue weighted by Crippen LogP contribution is 2.35. The Labute approximate surface area is 182 Å². The summed E-state index contributed by atoms with van der Waals surface area (Å²) in [5.41, 5.74) is 4.00. The van der Waals surface area contributed by atoms with Crippen molar-refractivity contribution in [2.75, 3.05) is 13.1 Å². The zero-order chi connectivity index (χ0) is 21.5. The zero-order valence-electron chi connectivity index (χ0n) is 18.8. The van der Waals surface area contributed by atoms with Gasteiger partial charge in [0.15, 0.2) is 5.82 Å². The van der Waals surface area contributed by atoms with Crippen molar-refractivity contribution in [1.82, 2.24) is 30.1 Å². The first kappa shape index (κ1) is 20.4. The van der Waals surface area contributed by atoms with Crippen molar-refractivity contribution in [1.29, 1.82) is 0 Å². The molecule has 0 spiro atoms. The van der Waals surface area contributed by atoms with Gasteiger partial charge in [0.2, 0.25) is 0 Å². The number of fused-ring (bicyclic) bond motifs is 1. The van der Waals surface area contributed by atoms with Crippen molar-refractivity contribution in [3.8, 4) is 0 Å². The third-order valence-electron chi connectivity index (χ3n) is 7.27. The van der Waals surface area contributed by atoms with E-state index < -0.39 is 0 Å². The van der Waals surface area contributed by atoms with Gasteiger partial charge in [0.25, 0.3) is 5.56 Å². The van der Waals surface area contributed by atoms with Crippen LogP contribution < -0.4 is 5.56 Å². The van der Waals surface area contributed by atoms with Crippen molar-refractivity contribution in [2.24, 2.45) is 5.92 Å². The second-order valence-electron chi connectivity index (χ2n) is 9.64. The summed E-state index contributed by atoms with van der Waals surface area (Å²) in [5.74, 6) is 1.41. The molecule has 7 heteroatoms. The molecule has 2 atom stereocenters. The lowest BCUT2D eigenvalue weighted by Crippen LogP contribution is -2.41. The van der Waals surface area contributed by atoms with Crippen LogP contribution in [0.4, 0.5) is 0 Å². The first-order valence-electron chi connectivity index (χ1n) is 11.7. The Hall–Kier alpha value is -2.54.